The van der Waals surface area contributed by atoms with Gasteiger partial charge >= 0.3 is 39.5 Å². The molecule has 0 aromatic rings. The van der Waals surface area contributed by atoms with Gasteiger partial charge in [0.1, 0.15) is 19.3 Å². The summed E-state index contributed by atoms with van der Waals surface area (Å²) in [4.78, 5) is 71.9. The lowest BCUT2D eigenvalue weighted by Crippen LogP contribution is -2.30. The van der Waals surface area contributed by atoms with Crippen LogP contribution < -0.4 is 0 Å². The van der Waals surface area contributed by atoms with Crippen LogP contribution in [0.3, 0.4) is 0 Å². The Morgan fingerprint density at radius 1 is 0.338 bits per heavy atom. The lowest BCUT2D eigenvalue weighted by atomic mass is 10.0. The van der Waals surface area contributed by atoms with Gasteiger partial charge in [-0.15, -0.1) is 0 Å². The molecule has 0 rings (SSSR count). The first kappa shape index (κ1) is 78.1. The van der Waals surface area contributed by atoms with Gasteiger partial charge in [-0.1, -0.05) is 253 Å². The van der Waals surface area contributed by atoms with Gasteiger partial charge in [0.15, 0.2) is 12.2 Å². The molecule has 5 atom stereocenters. The molecule has 80 heavy (non-hydrogen) atoms. The second kappa shape index (κ2) is 55.0. The zero-order chi connectivity index (χ0) is 59.2. The summed E-state index contributed by atoms with van der Waals surface area (Å²) in [6.45, 7) is 7.11. The van der Waals surface area contributed by atoms with Crippen molar-refractivity contribution in [2.45, 2.75) is 323 Å². The van der Waals surface area contributed by atoms with Gasteiger partial charge in [-0.25, -0.2) is 9.13 Å². The first-order valence-corrected chi connectivity index (χ1v) is 35.1. The van der Waals surface area contributed by atoms with Crippen molar-refractivity contribution >= 4 is 39.5 Å². The number of ether oxygens (including phenoxy) is 4. The maximum Gasteiger partial charge on any atom is 0.472 e. The molecule has 0 heterocycles. The minimum Gasteiger partial charge on any atom is -0.462 e. The molecule has 19 heteroatoms. The number of unbranched alkanes of at least 4 members (excludes halogenated alkanes) is 33. The molecule has 0 spiro atoms. The van der Waals surface area contributed by atoms with Gasteiger partial charge in [0.05, 0.1) is 26.4 Å². The minimum absolute atomic E-state index is 0.105. The second-order valence-corrected chi connectivity index (χ2v) is 25.5. The zero-order valence-electron chi connectivity index (χ0n) is 51.2. The summed E-state index contributed by atoms with van der Waals surface area (Å²) >= 11 is 0. The van der Waals surface area contributed by atoms with Gasteiger partial charge in [-0.05, 0) is 31.6 Å². The summed E-state index contributed by atoms with van der Waals surface area (Å²) in [6.07, 6.45) is 37.7. The molecule has 0 radical (unpaired) electrons. The first-order valence-electron chi connectivity index (χ1n) is 32.1. The summed E-state index contributed by atoms with van der Waals surface area (Å²) < 4.78 is 67.7. The number of carbonyl (C=O) groups excluding carboxylic acids is 4. The minimum atomic E-state index is -4.94. The van der Waals surface area contributed by atoms with E-state index in [-0.39, 0.29) is 25.7 Å². The third kappa shape index (κ3) is 55.3. The van der Waals surface area contributed by atoms with E-state index in [0.29, 0.717) is 25.7 Å². The molecule has 0 fully saturated rings. The fraction of sp³-hybridized carbons (Fsp3) is 0.934. The fourth-order valence-electron chi connectivity index (χ4n) is 9.05. The van der Waals surface area contributed by atoms with Gasteiger partial charge in [-0.2, -0.15) is 0 Å². The van der Waals surface area contributed by atoms with Crippen LogP contribution in [0.25, 0.3) is 0 Å². The monoisotopic (exact) mass is 1180 g/mol. The van der Waals surface area contributed by atoms with Crippen molar-refractivity contribution in [3.63, 3.8) is 0 Å². The third-order valence-corrected chi connectivity index (χ3v) is 15.9. The molecule has 0 aliphatic rings. The van der Waals surface area contributed by atoms with Gasteiger partial charge < -0.3 is 33.8 Å². The van der Waals surface area contributed by atoms with E-state index in [9.17, 15) is 43.2 Å². The third-order valence-electron chi connectivity index (χ3n) is 14.0. The summed E-state index contributed by atoms with van der Waals surface area (Å²) in [6, 6.07) is 0. The highest BCUT2D eigenvalue weighted by Crippen LogP contribution is 2.45. The van der Waals surface area contributed by atoms with Crippen LogP contribution in [0.1, 0.15) is 304 Å². The average Bonchev–Trinajstić information content (AvgIpc) is 3.42. The Kier molecular flexibility index (Phi) is 53.6. The Balaban J connectivity index is 5.18. The van der Waals surface area contributed by atoms with Crippen molar-refractivity contribution in [1.82, 2.24) is 0 Å². The molecule has 17 nitrogen and oxygen atoms in total. The Morgan fingerprint density at radius 2 is 0.575 bits per heavy atom. The van der Waals surface area contributed by atoms with Crippen molar-refractivity contribution in [3.05, 3.63) is 0 Å². The van der Waals surface area contributed by atoms with E-state index in [1.165, 1.54) is 109 Å². The number of carbonyl (C=O) groups is 4. The highest BCUT2D eigenvalue weighted by molar-refractivity contribution is 7.47. The topological polar surface area (TPSA) is 237 Å². The Morgan fingerprint density at radius 3 is 0.850 bits per heavy atom. The summed E-state index contributed by atoms with van der Waals surface area (Å²) in [5, 5.41) is 10.5. The quantitative estimate of drug-likeness (QED) is 0.0222. The van der Waals surface area contributed by atoms with Crippen molar-refractivity contribution in [2.24, 2.45) is 5.92 Å². The van der Waals surface area contributed by atoms with Crippen molar-refractivity contribution < 1.29 is 80.2 Å². The van der Waals surface area contributed by atoms with Crippen molar-refractivity contribution in [2.75, 3.05) is 39.6 Å². The summed E-state index contributed by atoms with van der Waals surface area (Å²) in [7, 11) is -9.87. The molecule has 474 valence electrons. The molecule has 0 bridgehead atoms. The fourth-order valence-corrected chi connectivity index (χ4v) is 10.6. The van der Waals surface area contributed by atoms with E-state index >= 15 is 0 Å². The summed E-state index contributed by atoms with van der Waals surface area (Å²) in [5.74, 6) is -1.37. The molecule has 3 N–H and O–H groups in total. The van der Waals surface area contributed by atoms with Crippen LogP contribution in [0, 0.1) is 5.92 Å². The van der Waals surface area contributed by atoms with Gasteiger partial charge in [-0.3, -0.25) is 37.3 Å². The van der Waals surface area contributed by atoms with Crippen LogP contribution in [0.4, 0.5) is 0 Å². The normalized spacial score (nSPS) is 14.3. The van der Waals surface area contributed by atoms with E-state index in [2.05, 4.69) is 34.6 Å². The maximum atomic E-state index is 12.9. The van der Waals surface area contributed by atoms with Crippen LogP contribution >= 0.6 is 15.6 Å². The van der Waals surface area contributed by atoms with Gasteiger partial charge in [0.25, 0.3) is 0 Å². The molecule has 0 aromatic carbocycles. The van der Waals surface area contributed by atoms with Crippen LogP contribution in [-0.4, -0.2) is 96.7 Å². The number of phosphoric ester groups is 2. The average molecular weight is 1190 g/mol. The predicted octanol–water partition coefficient (Wildman–Crippen LogP) is 16.6. The molecule has 2 unspecified atom stereocenters. The number of aliphatic hydroxyl groups excluding tert-OH is 1. The number of rotatable bonds is 61. The predicted molar refractivity (Wildman–Crippen MR) is 317 cm³/mol. The molecule has 0 aliphatic heterocycles. The lowest BCUT2D eigenvalue weighted by molar-refractivity contribution is -0.161. The molecule has 0 saturated carbocycles. The van der Waals surface area contributed by atoms with Crippen molar-refractivity contribution in [1.29, 1.82) is 0 Å². The van der Waals surface area contributed by atoms with E-state index in [1.807, 2.05) is 0 Å². The van der Waals surface area contributed by atoms with Crippen LogP contribution in [-0.2, 0) is 65.4 Å². The van der Waals surface area contributed by atoms with Gasteiger partial charge in [0, 0.05) is 25.7 Å². The van der Waals surface area contributed by atoms with E-state index in [0.717, 1.165) is 115 Å². The first-order chi connectivity index (χ1) is 38.5. The molecular formula is C61H118O17P2. The van der Waals surface area contributed by atoms with Gasteiger partial charge in [0.2, 0.25) is 0 Å². The Bertz CT molecular complexity index is 1570. The highest BCUT2D eigenvalue weighted by Gasteiger charge is 2.30. The highest BCUT2D eigenvalue weighted by atomic mass is 31.2. The number of hydrogen-bond acceptors (Lipinski definition) is 15. The van der Waals surface area contributed by atoms with Crippen LogP contribution in [0.5, 0.6) is 0 Å². The summed E-state index contributed by atoms with van der Waals surface area (Å²) in [5.41, 5.74) is 0. The standard InChI is InChI=1S/C61H118O17P2/c1-6-9-12-15-18-20-26-31-35-40-45-59(64)72-51-57(78-61(66)47-42-37-32-27-24-22-21-23-25-29-33-38-43-54(4)5)53-76-80(69,70)74-49-55(62)48-73-79(67,68)75-52-56(50-71-58(63)44-39-34-28-17-14-11-8-3)77-60(65)46-41-36-30-19-16-13-10-7-2/h54-57,62H,6-53H2,1-5H3,(H,67,68)(H,69,70)/t55-,56+,57+/m0/s1. The largest absolute Gasteiger partial charge is 0.472 e. The molecule has 0 amide bonds. The Labute approximate surface area is 486 Å². The Hall–Kier alpha value is -1.94. The smallest absolute Gasteiger partial charge is 0.462 e. The lowest BCUT2D eigenvalue weighted by Gasteiger charge is -2.21. The van der Waals surface area contributed by atoms with E-state index in [4.69, 9.17) is 37.0 Å². The maximum absolute atomic E-state index is 12.9. The number of phosphoric acid groups is 2. The number of aliphatic hydroxyl groups is 1. The second-order valence-electron chi connectivity index (χ2n) is 22.6. The zero-order valence-corrected chi connectivity index (χ0v) is 53.0. The molecular weight excluding hydrogens is 1070 g/mol. The molecule has 0 aliphatic carbocycles. The SMILES string of the molecule is CCCCCCCCCCCCC(=O)OC[C@H](COP(=O)(O)OC[C@@H](O)COP(=O)(O)OC[C@@H](COC(=O)CCCCCCCCC)OC(=O)CCCCCCCCCC)OC(=O)CCCCCCCCCCCCCCC(C)C. The van der Waals surface area contributed by atoms with E-state index < -0.39 is 97.5 Å². The number of esters is 4. The number of hydrogen-bond donors (Lipinski definition) is 3. The molecule has 0 saturated heterocycles. The van der Waals surface area contributed by atoms with Crippen LogP contribution in [0.15, 0.2) is 0 Å². The van der Waals surface area contributed by atoms with E-state index in [1.54, 1.807) is 0 Å². The van der Waals surface area contributed by atoms with Crippen LogP contribution in [0.2, 0.25) is 0 Å². The molecule has 0 aromatic heterocycles. The van der Waals surface area contributed by atoms with Crippen molar-refractivity contribution in [3.8, 4) is 0 Å².